The number of sulfone groups is 1. The van der Waals surface area contributed by atoms with E-state index in [1.165, 1.54) is 19.2 Å². The first-order valence-corrected chi connectivity index (χ1v) is 6.16. The van der Waals surface area contributed by atoms with Gasteiger partial charge in [-0.05, 0) is 18.2 Å². The first-order chi connectivity index (χ1) is 7.38. The Morgan fingerprint density at radius 3 is 2.62 bits per heavy atom. The van der Waals surface area contributed by atoms with Gasteiger partial charge in [0.05, 0.1) is 15.5 Å². The van der Waals surface area contributed by atoms with Gasteiger partial charge in [-0.15, -0.1) is 0 Å². The van der Waals surface area contributed by atoms with Crippen LogP contribution in [0.2, 0.25) is 5.02 Å². The van der Waals surface area contributed by atoms with Crippen molar-refractivity contribution in [2.75, 3.05) is 13.0 Å². The molecule has 1 rings (SSSR count). The van der Waals surface area contributed by atoms with E-state index in [1.807, 2.05) is 0 Å². The standard InChI is InChI=1S/C9H9ClO5S/c1-15-5-16(13,14)6-2-3-8(10)7(4-6)9(11)12/h2-4H,5H2,1H3,(H,11,12). The average Bonchev–Trinajstić information content (AvgIpc) is 2.17. The monoisotopic (exact) mass is 264 g/mol. The largest absolute Gasteiger partial charge is 0.478 e. The molecule has 5 nitrogen and oxygen atoms in total. The van der Waals surface area contributed by atoms with E-state index in [2.05, 4.69) is 4.74 Å². The zero-order chi connectivity index (χ0) is 12.3. The van der Waals surface area contributed by atoms with Crippen LogP contribution in [0.4, 0.5) is 0 Å². The molecule has 0 saturated heterocycles. The van der Waals surface area contributed by atoms with Gasteiger partial charge < -0.3 is 9.84 Å². The Kier molecular flexibility index (Phi) is 3.90. The Hall–Kier alpha value is -1.11. The Labute approximate surface area is 97.5 Å². The van der Waals surface area contributed by atoms with Crippen LogP contribution in [-0.4, -0.2) is 32.5 Å². The fourth-order valence-corrected chi connectivity index (χ4v) is 2.30. The maximum absolute atomic E-state index is 11.6. The van der Waals surface area contributed by atoms with Crippen LogP contribution in [0.3, 0.4) is 0 Å². The first kappa shape index (κ1) is 13.0. The van der Waals surface area contributed by atoms with Crippen LogP contribution in [0, 0.1) is 0 Å². The molecule has 0 bridgehead atoms. The van der Waals surface area contributed by atoms with Crippen molar-refractivity contribution >= 4 is 27.4 Å². The Bertz CT molecular complexity index is 509. The Balaban J connectivity index is 3.28. The van der Waals surface area contributed by atoms with Crippen LogP contribution in [0.1, 0.15) is 10.4 Å². The maximum atomic E-state index is 11.6. The van der Waals surface area contributed by atoms with E-state index in [-0.39, 0.29) is 15.5 Å². The van der Waals surface area contributed by atoms with Crippen molar-refractivity contribution < 1.29 is 23.1 Å². The molecule has 0 saturated carbocycles. The second-order valence-corrected chi connectivity index (χ2v) is 5.31. The van der Waals surface area contributed by atoms with E-state index in [1.54, 1.807) is 0 Å². The summed E-state index contributed by atoms with van der Waals surface area (Å²) in [7, 11) is -2.39. The molecular weight excluding hydrogens is 256 g/mol. The second-order valence-electron chi connectivity index (χ2n) is 2.97. The van der Waals surface area contributed by atoms with Crippen LogP contribution < -0.4 is 0 Å². The number of hydrogen-bond donors (Lipinski definition) is 1. The molecule has 0 spiro atoms. The normalized spacial score (nSPS) is 11.4. The van der Waals surface area contributed by atoms with Gasteiger partial charge in [-0.2, -0.15) is 0 Å². The highest BCUT2D eigenvalue weighted by atomic mass is 35.5. The molecule has 0 aliphatic heterocycles. The molecule has 16 heavy (non-hydrogen) atoms. The van der Waals surface area contributed by atoms with E-state index in [0.717, 1.165) is 6.07 Å². The van der Waals surface area contributed by atoms with Crippen molar-refractivity contribution in [3.63, 3.8) is 0 Å². The Morgan fingerprint density at radius 2 is 2.12 bits per heavy atom. The minimum Gasteiger partial charge on any atom is -0.478 e. The van der Waals surface area contributed by atoms with E-state index in [9.17, 15) is 13.2 Å². The van der Waals surface area contributed by atoms with Gasteiger partial charge in [0.2, 0.25) is 9.84 Å². The highest BCUT2D eigenvalue weighted by molar-refractivity contribution is 7.91. The SMILES string of the molecule is COCS(=O)(=O)c1ccc(Cl)c(C(=O)O)c1. The minimum absolute atomic E-state index is 0.0103. The van der Waals surface area contributed by atoms with Gasteiger partial charge in [0, 0.05) is 7.11 Å². The molecule has 0 unspecified atom stereocenters. The zero-order valence-electron chi connectivity index (χ0n) is 8.31. The van der Waals surface area contributed by atoms with Gasteiger partial charge in [0.25, 0.3) is 0 Å². The molecule has 7 heteroatoms. The summed E-state index contributed by atoms with van der Waals surface area (Å²) in [5.74, 6) is -1.78. The zero-order valence-corrected chi connectivity index (χ0v) is 9.88. The molecule has 1 N–H and O–H groups in total. The number of rotatable bonds is 4. The van der Waals surface area contributed by atoms with E-state index in [0.29, 0.717) is 0 Å². The average molecular weight is 265 g/mol. The smallest absolute Gasteiger partial charge is 0.337 e. The third kappa shape index (κ3) is 2.72. The fraction of sp³-hybridized carbons (Fsp3) is 0.222. The summed E-state index contributed by atoms with van der Waals surface area (Å²) < 4.78 is 27.6. The van der Waals surface area contributed by atoms with Crippen molar-refractivity contribution in [2.45, 2.75) is 4.90 Å². The summed E-state index contributed by atoms with van der Waals surface area (Å²) in [5.41, 5.74) is -0.251. The van der Waals surface area contributed by atoms with Crippen molar-refractivity contribution in [3.8, 4) is 0 Å². The summed E-state index contributed by atoms with van der Waals surface area (Å²) in [5, 5.41) is 8.76. The number of carboxylic acid groups (broad SMARTS) is 1. The molecule has 1 aromatic rings. The van der Waals surface area contributed by atoms with Crippen molar-refractivity contribution in [3.05, 3.63) is 28.8 Å². The maximum Gasteiger partial charge on any atom is 0.337 e. The summed E-state index contributed by atoms with van der Waals surface area (Å²) in [6, 6.07) is 3.48. The first-order valence-electron chi connectivity index (χ1n) is 4.13. The van der Waals surface area contributed by atoms with Gasteiger partial charge in [0.1, 0.15) is 0 Å². The molecule has 0 heterocycles. The molecule has 0 aromatic heterocycles. The quantitative estimate of drug-likeness (QED) is 0.889. The van der Waals surface area contributed by atoms with Crippen LogP contribution in [-0.2, 0) is 14.6 Å². The van der Waals surface area contributed by atoms with E-state index >= 15 is 0 Å². The predicted octanol–water partition coefficient (Wildman–Crippen LogP) is 1.42. The van der Waals surface area contributed by atoms with E-state index < -0.39 is 21.7 Å². The van der Waals surface area contributed by atoms with Crippen LogP contribution >= 0.6 is 11.6 Å². The van der Waals surface area contributed by atoms with Gasteiger partial charge in [-0.25, -0.2) is 13.2 Å². The highest BCUT2D eigenvalue weighted by Gasteiger charge is 2.18. The van der Waals surface area contributed by atoms with Crippen LogP contribution in [0.25, 0.3) is 0 Å². The number of methoxy groups -OCH3 is 1. The number of aromatic carboxylic acids is 1. The molecule has 88 valence electrons. The lowest BCUT2D eigenvalue weighted by atomic mass is 10.2. The van der Waals surface area contributed by atoms with Gasteiger partial charge in [0.15, 0.2) is 5.94 Å². The number of carbonyl (C=O) groups is 1. The van der Waals surface area contributed by atoms with Crippen LogP contribution in [0.15, 0.2) is 23.1 Å². The highest BCUT2D eigenvalue weighted by Crippen LogP contribution is 2.21. The number of halogens is 1. The molecule has 0 aliphatic carbocycles. The predicted molar refractivity (Wildman–Crippen MR) is 57.5 cm³/mol. The summed E-state index contributed by atoms with van der Waals surface area (Å²) >= 11 is 5.61. The van der Waals surface area contributed by atoms with Crippen molar-refractivity contribution in [1.29, 1.82) is 0 Å². The van der Waals surface area contributed by atoms with Crippen molar-refractivity contribution in [2.24, 2.45) is 0 Å². The third-order valence-corrected chi connectivity index (χ3v) is 3.65. The summed E-state index contributed by atoms with van der Waals surface area (Å²) in [6.45, 7) is 0. The molecule has 1 aromatic carbocycles. The topological polar surface area (TPSA) is 80.7 Å². The lowest BCUT2D eigenvalue weighted by Crippen LogP contribution is -2.09. The lowest BCUT2D eigenvalue weighted by Gasteiger charge is -2.05. The Morgan fingerprint density at radius 1 is 1.50 bits per heavy atom. The number of ether oxygens (including phenoxy) is 1. The lowest BCUT2D eigenvalue weighted by molar-refractivity contribution is 0.0697. The van der Waals surface area contributed by atoms with Gasteiger partial charge in [-0.3, -0.25) is 0 Å². The fourth-order valence-electron chi connectivity index (χ4n) is 1.08. The van der Waals surface area contributed by atoms with E-state index in [4.69, 9.17) is 16.7 Å². The molecule has 0 fully saturated rings. The number of benzene rings is 1. The van der Waals surface area contributed by atoms with Gasteiger partial charge >= 0.3 is 5.97 Å². The van der Waals surface area contributed by atoms with Crippen LogP contribution in [0.5, 0.6) is 0 Å². The molecule has 0 radical (unpaired) electrons. The number of hydrogen-bond acceptors (Lipinski definition) is 4. The molecular formula is C9H9ClO5S. The molecule has 0 amide bonds. The molecule has 0 atom stereocenters. The summed E-state index contributed by atoms with van der Waals surface area (Å²) in [6.07, 6.45) is 0. The third-order valence-electron chi connectivity index (χ3n) is 1.80. The number of carboxylic acids is 1. The minimum atomic E-state index is -3.63. The van der Waals surface area contributed by atoms with Gasteiger partial charge in [-0.1, -0.05) is 11.6 Å². The van der Waals surface area contributed by atoms with Crippen molar-refractivity contribution in [1.82, 2.24) is 0 Å². The second kappa shape index (κ2) is 4.82. The molecule has 0 aliphatic rings. The summed E-state index contributed by atoms with van der Waals surface area (Å²) in [4.78, 5) is 10.6.